The number of hydrogen-bond donors (Lipinski definition) is 11. The van der Waals surface area contributed by atoms with Crippen molar-refractivity contribution in [2.45, 2.75) is 169 Å². The lowest BCUT2D eigenvalue weighted by molar-refractivity contribution is -0.170. The van der Waals surface area contributed by atoms with E-state index in [2.05, 4.69) is 35.9 Å². The average molecular weight is 1630 g/mol. The van der Waals surface area contributed by atoms with Gasteiger partial charge in [0, 0.05) is 65.2 Å². The highest BCUT2D eigenvalue weighted by Gasteiger charge is 2.45. The van der Waals surface area contributed by atoms with E-state index in [1.807, 2.05) is 63.8 Å². The molecule has 112 heavy (non-hydrogen) atoms. The summed E-state index contributed by atoms with van der Waals surface area (Å²) in [5, 5.41) is 28.3. The molecular formula is C74H84F3N11O20S4. The fourth-order valence-corrected chi connectivity index (χ4v) is 15.6. The van der Waals surface area contributed by atoms with Crippen molar-refractivity contribution >= 4 is 126 Å². The number of halogens is 3. The molecule has 3 heterocycles. The Bertz CT molecular complexity index is 5610. The number of nitrogen functional groups attached to an aromatic ring is 1. The second-order valence-electron chi connectivity index (χ2n) is 28.4. The number of carboxylic acid groups (broad SMARTS) is 2. The Kier molecular flexibility index (Phi) is 25.9. The Morgan fingerprint density at radius 2 is 1.33 bits per heavy atom. The minimum atomic E-state index is -5.43. The highest BCUT2D eigenvalue weighted by atomic mass is 32.2. The molecule has 9 rings (SSSR count). The van der Waals surface area contributed by atoms with Crippen LogP contribution in [-0.2, 0) is 77.0 Å². The van der Waals surface area contributed by atoms with Crippen molar-refractivity contribution in [2.24, 2.45) is 4.99 Å². The molecular weight excluding hydrogens is 1550 g/mol. The quantitative estimate of drug-likeness (QED) is 0.0142. The predicted octanol–water partition coefficient (Wildman–Crippen LogP) is 9.15. The van der Waals surface area contributed by atoms with Gasteiger partial charge in [-0.3, -0.25) is 52.3 Å². The maximum Gasteiger partial charge on any atom is 0.471 e. The Balaban J connectivity index is 0.988. The third-order valence-corrected chi connectivity index (χ3v) is 24.0. The van der Waals surface area contributed by atoms with Gasteiger partial charge < -0.3 is 36.8 Å². The van der Waals surface area contributed by atoms with Crippen LogP contribution >= 0.6 is 0 Å². The number of fused-ring (bicyclic) bond motifs is 5. The summed E-state index contributed by atoms with van der Waals surface area (Å²) in [5.74, 6) is -7.69. The predicted molar refractivity (Wildman–Crippen MR) is 411 cm³/mol. The Hall–Kier alpha value is -10.3. The van der Waals surface area contributed by atoms with Crippen molar-refractivity contribution in [3.63, 3.8) is 0 Å². The number of aliphatic imine (C=N–C) groups is 1. The highest BCUT2D eigenvalue weighted by Crippen LogP contribution is 2.51. The number of nitrogens with two attached hydrogens (primary N) is 1. The first kappa shape index (κ1) is 85.6. The Morgan fingerprint density at radius 1 is 0.741 bits per heavy atom. The fourth-order valence-electron chi connectivity index (χ4n) is 13.7. The number of carbonyl (C=O) groups is 5. The molecule has 2 unspecified atom stereocenters. The number of rotatable bonds is 31. The zero-order chi connectivity index (χ0) is 82.5. The average Bonchev–Trinajstić information content (AvgIpc) is 1.55. The molecule has 0 radical (unpaired) electrons. The number of aryl methyl sites for hydroxylation is 1. The van der Waals surface area contributed by atoms with Crippen molar-refractivity contribution in [1.82, 2.24) is 35.9 Å². The van der Waals surface area contributed by atoms with Crippen LogP contribution in [0.4, 0.5) is 30.5 Å². The normalized spacial score (nSPS) is 17.1. The van der Waals surface area contributed by atoms with Gasteiger partial charge in [0.2, 0.25) is 11.9 Å². The van der Waals surface area contributed by atoms with Gasteiger partial charge in [-0.2, -0.15) is 51.8 Å². The number of alkyl halides is 3. The molecule has 0 spiro atoms. The summed E-state index contributed by atoms with van der Waals surface area (Å²) in [5.41, 5.74) is 7.19. The van der Waals surface area contributed by atoms with Crippen LogP contribution in [0, 0.1) is 6.92 Å². The van der Waals surface area contributed by atoms with Gasteiger partial charge in [-0.15, -0.1) is 0 Å². The van der Waals surface area contributed by atoms with E-state index in [9.17, 15) is 104 Å². The molecule has 1 fully saturated rings. The highest BCUT2D eigenvalue weighted by molar-refractivity contribution is 7.87. The molecule has 3 amide bonds. The molecule has 1 saturated carbocycles. The molecule has 12 N–H and O–H groups in total. The van der Waals surface area contributed by atoms with Gasteiger partial charge >= 0.3 is 24.0 Å². The molecule has 7 aromatic rings. The second-order valence-corrected chi connectivity index (χ2v) is 34.9. The van der Waals surface area contributed by atoms with E-state index in [0.717, 1.165) is 47.2 Å². The Morgan fingerprint density at radius 3 is 1.94 bits per heavy atom. The van der Waals surface area contributed by atoms with Gasteiger partial charge in [-0.25, -0.2) is 19.6 Å². The largest absolute Gasteiger partial charge is 0.480 e. The first-order chi connectivity index (χ1) is 52.2. The van der Waals surface area contributed by atoms with Crippen LogP contribution in [0.15, 0.2) is 158 Å². The van der Waals surface area contributed by atoms with E-state index < -0.39 is 140 Å². The maximum absolute atomic E-state index is 13.9. The monoisotopic (exact) mass is 1630 g/mol. The number of nitrogens with zero attached hydrogens (tertiary/aromatic N) is 6. The lowest BCUT2D eigenvalue weighted by Gasteiger charge is -2.33. The van der Waals surface area contributed by atoms with Crippen molar-refractivity contribution < 1.29 is 99.2 Å². The molecule has 2 aromatic heterocycles. The van der Waals surface area contributed by atoms with Crippen LogP contribution in [0.5, 0.6) is 0 Å². The first-order valence-electron chi connectivity index (χ1n) is 35.1. The summed E-state index contributed by atoms with van der Waals surface area (Å²) in [4.78, 5) is 97.8. The molecule has 4 atom stereocenters. The standard InChI is InChI=1S/C74H84F3N11O20S4/c1-41-14-15-47-37-51(111(103,104)105)23-25-53(47)61(41)72(4,5)58(79-35-32-42(2)109(97,98)99)29-19-44-11-10-12-45(20-30-59-73(6,7)62-54-26-24-52(112(106,107)108)38-48(54)18-28-57(62)87(59)36-33-43(3)110(100,101)102)63(44)80-34-9-8-13-55(68(92)93)83-60(89)31-27-56(69(94)95)84-66(90)46-16-21-50(22-17-46)88(70(96)74(75,76)77)40-49-39-81-65-64(82-49)67(91)86-71(78)85-65/h14-26,28-30,37-39,42-43,55-56,79H,8-13,27,31-36,40H2,1-7H3,(H,83,89)(H,84,90)(H,92,93)(H,94,95)(H,97,98,99)(H,100,101,102)(H,103,104,105)(H,106,107,108)(H3,78,81,85,86,91)/b44-19?,45-20+,58-29?,59-30+,80-63?/t42?,43?,55-,56-/m0/s1. The Labute approximate surface area is 642 Å². The summed E-state index contributed by atoms with van der Waals surface area (Å²) in [6.45, 7) is 11.5. The summed E-state index contributed by atoms with van der Waals surface area (Å²) in [6, 6.07) is 15.9. The number of nitrogens with one attached hydrogen (secondary N) is 4. The lowest BCUT2D eigenvalue weighted by atomic mass is 9.76. The van der Waals surface area contributed by atoms with Crippen LogP contribution < -0.4 is 37.0 Å². The molecule has 1 aliphatic carbocycles. The number of aliphatic carboxylic acids is 2. The van der Waals surface area contributed by atoms with Crippen molar-refractivity contribution in [2.75, 3.05) is 35.2 Å². The summed E-state index contributed by atoms with van der Waals surface area (Å²) in [6.07, 6.45) is 3.33. The fraction of sp³-hybridized carbons (Fsp3) is 0.378. The molecule has 600 valence electrons. The topological polar surface area (TPSA) is 496 Å². The number of aromatic nitrogens is 4. The van der Waals surface area contributed by atoms with Gasteiger partial charge in [0.05, 0.1) is 44.4 Å². The summed E-state index contributed by atoms with van der Waals surface area (Å²) in [7, 11) is -18.2. The number of benzene rings is 5. The van der Waals surface area contributed by atoms with Crippen LogP contribution in [0.2, 0.25) is 0 Å². The minimum Gasteiger partial charge on any atom is -0.480 e. The van der Waals surface area contributed by atoms with E-state index in [4.69, 9.17) is 10.7 Å². The number of unbranched alkanes of at least 4 members (excludes halogenated alkanes) is 1. The molecule has 0 saturated heterocycles. The second kappa shape index (κ2) is 33.9. The van der Waals surface area contributed by atoms with Crippen LogP contribution in [-0.4, -0.2) is 166 Å². The van der Waals surface area contributed by atoms with E-state index in [0.29, 0.717) is 74.7 Å². The molecule has 0 bridgehead atoms. The van der Waals surface area contributed by atoms with Crippen LogP contribution in [0.3, 0.4) is 0 Å². The minimum absolute atomic E-state index is 0.0330. The third-order valence-electron chi connectivity index (χ3n) is 19.7. The third kappa shape index (κ3) is 20.3. The maximum atomic E-state index is 13.9. The molecule has 2 aliphatic rings. The number of carboxylic acids is 2. The van der Waals surface area contributed by atoms with E-state index in [1.165, 1.54) is 38.1 Å². The number of allylic oxidation sites excluding steroid dienone is 8. The van der Waals surface area contributed by atoms with Gasteiger partial charge in [0.15, 0.2) is 11.2 Å². The SMILES string of the molecule is Cc1ccc2cc(S(=O)(=O)O)ccc2c1C(C)(C)C(=CC=C1CCC/C(=C\C=C2\N(CCC(C)S(=O)(=O)O)c3ccc4cc(S(=O)(=O)O)ccc4c3C2(C)C)C1=NCCCC[C@H](NC(=O)CC[C@H](NC(=O)c1ccc(N(Cc2cnc3nc(N)[nH]c(=O)c3n2)C(=O)C(F)(F)F)cc1)C(=O)O)C(=O)O)NCCC(C)S(=O)(=O)O. The number of hydrogen-bond acceptors (Lipinski definition) is 21. The smallest absolute Gasteiger partial charge is 0.471 e. The van der Waals surface area contributed by atoms with E-state index in [1.54, 1.807) is 36.4 Å². The van der Waals surface area contributed by atoms with Crippen molar-refractivity contribution in [3.05, 3.63) is 176 Å². The molecule has 1 aliphatic heterocycles. The first-order valence-corrected chi connectivity index (χ1v) is 41.0. The molecule has 38 heteroatoms. The number of H-pyrrole nitrogens is 1. The summed E-state index contributed by atoms with van der Waals surface area (Å²) < 4.78 is 180. The number of amides is 3. The molecule has 5 aromatic carbocycles. The lowest BCUT2D eigenvalue weighted by Crippen LogP contribution is -2.44. The zero-order valence-electron chi connectivity index (χ0n) is 61.6. The number of anilines is 3. The van der Waals surface area contributed by atoms with Crippen molar-refractivity contribution in [3.8, 4) is 0 Å². The van der Waals surface area contributed by atoms with Gasteiger partial charge in [0.1, 0.15) is 12.1 Å². The molecule has 31 nitrogen and oxygen atoms in total. The van der Waals surface area contributed by atoms with Crippen molar-refractivity contribution in [1.29, 1.82) is 0 Å². The van der Waals surface area contributed by atoms with E-state index in [-0.39, 0.29) is 94.8 Å². The summed E-state index contributed by atoms with van der Waals surface area (Å²) >= 11 is 0. The van der Waals surface area contributed by atoms with Gasteiger partial charge in [0.25, 0.3) is 51.9 Å². The zero-order valence-corrected chi connectivity index (χ0v) is 64.9. The van der Waals surface area contributed by atoms with Crippen LogP contribution in [0.1, 0.15) is 138 Å². The van der Waals surface area contributed by atoms with Crippen LogP contribution in [0.25, 0.3) is 32.7 Å². The number of aromatic amines is 1. The van der Waals surface area contributed by atoms with Gasteiger partial charge in [-0.1, -0.05) is 70.2 Å². The van der Waals surface area contributed by atoms with E-state index >= 15 is 0 Å². The number of carbonyl (C=O) groups excluding carboxylic acids is 3. The van der Waals surface area contributed by atoms with Gasteiger partial charge in [-0.05, 0) is 195 Å².